The Morgan fingerprint density at radius 1 is 0.786 bits per heavy atom. The van der Waals surface area contributed by atoms with Gasteiger partial charge in [-0.2, -0.15) is 26.3 Å². The van der Waals surface area contributed by atoms with Crippen molar-refractivity contribution >= 4 is 7.69 Å². The quantitative estimate of drug-likeness (QED) is 0.329. The second-order valence-electron chi connectivity index (χ2n) is 1.95. The van der Waals surface area contributed by atoms with Crippen LogP contribution < -0.4 is 18.9 Å². The van der Waals surface area contributed by atoms with Gasteiger partial charge >= 0.3 is 31.2 Å². The first-order valence-electron chi connectivity index (χ1n) is 2.89. The number of alkyl halides is 6. The van der Waals surface area contributed by atoms with Crippen molar-refractivity contribution in [3.8, 4) is 0 Å². The summed E-state index contributed by atoms with van der Waals surface area (Å²) in [7, 11) is 0.0149. The second kappa shape index (κ2) is 6.61. The number of hydrogen-bond donors (Lipinski definition) is 0. The van der Waals surface area contributed by atoms with Gasteiger partial charge in [-0.3, -0.25) is 0 Å². The van der Waals surface area contributed by atoms with E-state index in [0.717, 1.165) is 0 Å². The number of rotatable bonds is 4. The molecule has 0 amide bonds. The zero-order valence-corrected chi connectivity index (χ0v) is 7.08. The molecule has 0 spiro atoms. The molecule has 0 N–H and O–H groups in total. The topological polar surface area (TPSA) is 18.5 Å². The van der Waals surface area contributed by atoms with Crippen LogP contribution in [-0.2, 0) is 9.31 Å². The molecule has 0 aliphatic heterocycles. The fraction of sp³-hybridized carbons (Fsp3) is 1.00. The van der Waals surface area contributed by atoms with Gasteiger partial charge in [0.1, 0.15) is 0 Å². The van der Waals surface area contributed by atoms with E-state index in [1.54, 1.807) is 0 Å². The molecule has 2 radical (unpaired) electrons. The second-order valence-corrected chi connectivity index (χ2v) is 1.95. The van der Waals surface area contributed by atoms with Crippen LogP contribution in [0, 0.1) is 0 Å². The maximum atomic E-state index is 11.3. The Balaban J connectivity index is 0. The molecule has 0 bridgehead atoms. The molecule has 14 heavy (non-hydrogen) atoms. The van der Waals surface area contributed by atoms with E-state index in [0.29, 0.717) is 0 Å². The summed E-state index contributed by atoms with van der Waals surface area (Å²) in [4.78, 5) is 0. The fourth-order valence-corrected chi connectivity index (χ4v) is 0.305. The Morgan fingerprint density at radius 3 is 1.29 bits per heavy atom. The van der Waals surface area contributed by atoms with Gasteiger partial charge in [0.15, 0.2) is 0 Å². The Hall–Kier alpha value is 0.162. The molecule has 0 aromatic carbocycles. The van der Waals surface area contributed by atoms with Crippen LogP contribution >= 0.6 is 0 Å². The van der Waals surface area contributed by atoms with E-state index in [1.165, 1.54) is 0 Å². The van der Waals surface area contributed by atoms with Crippen molar-refractivity contribution in [2.75, 3.05) is 13.2 Å². The zero-order valence-electron chi connectivity index (χ0n) is 7.08. The summed E-state index contributed by atoms with van der Waals surface area (Å²) >= 11 is 0. The van der Waals surface area contributed by atoms with Crippen LogP contribution in [0.5, 0.6) is 0 Å². The molecule has 0 rings (SSSR count). The fourth-order valence-electron chi connectivity index (χ4n) is 0.305. The molecule has 0 heterocycles. The molecule has 2 nitrogen and oxygen atoms in total. The van der Waals surface area contributed by atoms with Gasteiger partial charge in [0.2, 0.25) is 0 Å². The predicted octanol–water partition coefficient (Wildman–Crippen LogP) is -1.32. The van der Waals surface area contributed by atoms with Gasteiger partial charge in [0.05, 0.1) is 13.2 Å². The molecular formula is C4H4BF6LiO2. The van der Waals surface area contributed by atoms with E-state index < -0.39 is 25.6 Å². The first kappa shape index (κ1) is 16.6. The maximum Gasteiger partial charge on any atom is 1.00 e. The van der Waals surface area contributed by atoms with Gasteiger partial charge < -0.3 is 9.31 Å². The Morgan fingerprint density at radius 2 is 1.07 bits per heavy atom. The van der Waals surface area contributed by atoms with Gasteiger partial charge in [-0.05, 0) is 7.69 Å². The predicted molar refractivity (Wildman–Crippen MR) is 29.8 cm³/mol. The van der Waals surface area contributed by atoms with Gasteiger partial charge in [-0.15, -0.1) is 0 Å². The molecule has 0 unspecified atom stereocenters. The van der Waals surface area contributed by atoms with Crippen LogP contribution in [0.2, 0.25) is 0 Å². The minimum atomic E-state index is -4.59. The minimum absolute atomic E-state index is 0. The summed E-state index contributed by atoms with van der Waals surface area (Å²) in [6, 6.07) is 0. The van der Waals surface area contributed by atoms with E-state index in [-0.39, 0.29) is 26.5 Å². The average molecular weight is 216 g/mol. The summed E-state index contributed by atoms with van der Waals surface area (Å²) in [5.41, 5.74) is 0. The third kappa shape index (κ3) is 14.7. The molecular weight excluding hydrogens is 212 g/mol. The normalized spacial score (nSPS) is 12.4. The molecule has 0 aliphatic carbocycles. The standard InChI is InChI=1S/C4H4BF6O2.Li/c6-3(7,8)1-12-5-13-2-4(9,10)11;/h1-2H2;/q-1;+1. The first-order valence-corrected chi connectivity index (χ1v) is 2.89. The van der Waals surface area contributed by atoms with Crippen molar-refractivity contribution in [2.45, 2.75) is 12.4 Å². The average Bonchev–Trinajstić information content (AvgIpc) is 1.81. The molecule has 0 atom stereocenters. The molecule has 10 heteroatoms. The first-order chi connectivity index (χ1) is 5.71. The Labute approximate surface area is 88.4 Å². The smallest absolute Gasteiger partial charge is 0.619 e. The van der Waals surface area contributed by atoms with E-state index in [4.69, 9.17) is 0 Å². The molecule has 0 saturated heterocycles. The summed E-state index contributed by atoms with van der Waals surface area (Å²) in [6.07, 6.45) is -9.17. The molecule has 0 aromatic rings. The van der Waals surface area contributed by atoms with Crippen molar-refractivity contribution in [3.05, 3.63) is 0 Å². The van der Waals surface area contributed by atoms with Gasteiger partial charge in [-0.1, -0.05) is 0 Å². The van der Waals surface area contributed by atoms with Crippen LogP contribution in [0.1, 0.15) is 0 Å². The number of hydrogen-bond acceptors (Lipinski definition) is 2. The monoisotopic (exact) mass is 216 g/mol. The van der Waals surface area contributed by atoms with Crippen molar-refractivity contribution in [1.29, 1.82) is 0 Å². The maximum absolute atomic E-state index is 11.3. The van der Waals surface area contributed by atoms with E-state index >= 15 is 0 Å². The largest absolute Gasteiger partial charge is 1.00 e. The van der Waals surface area contributed by atoms with Gasteiger partial charge in [0, 0.05) is 0 Å². The zero-order chi connectivity index (χ0) is 10.5. The van der Waals surface area contributed by atoms with E-state index in [2.05, 4.69) is 9.31 Å². The minimum Gasteiger partial charge on any atom is -0.619 e. The van der Waals surface area contributed by atoms with E-state index in [9.17, 15) is 26.3 Å². The summed E-state index contributed by atoms with van der Waals surface area (Å²) in [6.45, 7) is -3.35. The molecule has 78 valence electrons. The Kier molecular flexibility index (Phi) is 7.83. The third-order valence-corrected chi connectivity index (χ3v) is 0.630. The molecule has 0 aromatic heterocycles. The van der Waals surface area contributed by atoms with Crippen molar-refractivity contribution in [1.82, 2.24) is 0 Å². The van der Waals surface area contributed by atoms with Crippen LogP contribution in [0.4, 0.5) is 26.3 Å². The van der Waals surface area contributed by atoms with Crippen LogP contribution in [-0.4, -0.2) is 33.3 Å². The Bertz CT molecular complexity index is 132. The van der Waals surface area contributed by atoms with E-state index in [1.807, 2.05) is 0 Å². The van der Waals surface area contributed by atoms with Crippen molar-refractivity contribution in [2.24, 2.45) is 0 Å². The van der Waals surface area contributed by atoms with Crippen LogP contribution in [0.15, 0.2) is 0 Å². The van der Waals surface area contributed by atoms with Gasteiger partial charge in [0.25, 0.3) is 0 Å². The molecule has 0 aliphatic rings. The van der Waals surface area contributed by atoms with Gasteiger partial charge in [-0.25, -0.2) is 0 Å². The SMILES string of the molecule is FC(F)(F)CO[B-]OCC(F)(F)F.[Li+]. The molecule has 0 saturated carbocycles. The van der Waals surface area contributed by atoms with Crippen molar-refractivity contribution < 1.29 is 54.5 Å². The third-order valence-electron chi connectivity index (χ3n) is 0.630. The number of halogens is 6. The van der Waals surface area contributed by atoms with Crippen LogP contribution in [0.25, 0.3) is 0 Å². The molecule has 0 fully saturated rings. The summed E-state index contributed by atoms with van der Waals surface area (Å²) < 4.78 is 75.0. The summed E-state index contributed by atoms with van der Waals surface area (Å²) in [5, 5.41) is 0. The van der Waals surface area contributed by atoms with Crippen molar-refractivity contribution in [3.63, 3.8) is 0 Å². The summed E-state index contributed by atoms with van der Waals surface area (Å²) in [5.74, 6) is 0. The van der Waals surface area contributed by atoms with Crippen LogP contribution in [0.3, 0.4) is 0 Å².